The molecular weight excluding hydrogens is 198 g/mol. The maximum absolute atomic E-state index is 11.3. The summed E-state index contributed by atoms with van der Waals surface area (Å²) in [7, 11) is 0. The number of rotatable bonds is 4. The zero-order chi connectivity index (χ0) is 11.2. The van der Waals surface area contributed by atoms with Crippen LogP contribution in [-0.2, 0) is 11.2 Å². The van der Waals surface area contributed by atoms with Crippen LogP contribution in [0.25, 0.3) is 0 Å². The number of carbonyl (C=O) groups is 1. The van der Waals surface area contributed by atoms with E-state index in [0.717, 1.165) is 38.8 Å². The van der Waals surface area contributed by atoms with Crippen molar-refractivity contribution in [1.29, 1.82) is 0 Å². The highest BCUT2D eigenvalue weighted by Gasteiger charge is 2.15. The third kappa shape index (κ3) is 3.46. The van der Waals surface area contributed by atoms with E-state index < -0.39 is 0 Å². The molecule has 16 heavy (non-hydrogen) atoms. The van der Waals surface area contributed by atoms with Crippen molar-refractivity contribution < 1.29 is 4.79 Å². The van der Waals surface area contributed by atoms with Crippen LogP contribution in [0.5, 0.6) is 0 Å². The maximum atomic E-state index is 11.3. The zero-order valence-corrected chi connectivity index (χ0v) is 9.69. The van der Waals surface area contributed by atoms with Crippen molar-refractivity contribution in [2.45, 2.75) is 25.7 Å². The van der Waals surface area contributed by atoms with E-state index in [9.17, 15) is 4.79 Å². The molecule has 86 valence electrons. The van der Waals surface area contributed by atoms with Gasteiger partial charge >= 0.3 is 0 Å². The number of benzene rings is 1. The van der Waals surface area contributed by atoms with Gasteiger partial charge in [-0.25, -0.2) is 0 Å². The first-order valence-electron chi connectivity index (χ1n) is 6.12. The molecule has 0 aliphatic carbocycles. The van der Waals surface area contributed by atoms with E-state index >= 15 is 0 Å². The molecule has 1 aromatic rings. The normalized spacial score (nSPS) is 17.6. The Morgan fingerprint density at radius 3 is 2.75 bits per heavy atom. The Hall–Kier alpha value is -1.15. The van der Waals surface area contributed by atoms with Gasteiger partial charge in [-0.15, -0.1) is 0 Å². The third-order valence-electron chi connectivity index (χ3n) is 3.11. The third-order valence-corrected chi connectivity index (χ3v) is 3.11. The van der Waals surface area contributed by atoms with Gasteiger partial charge in [0.15, 0.2) is 0 Å². The molecule has 0 spiro atoms. The lowest BCUT2D eigenvalue weighted by molar-refractivity contribution is -0.122. The summed E-state index contributed by atoms with van der Waals surface area (Å²) in [6.45, 7) is 2.83. The van der Waals surface area contributed by atoms with E-state index in [1.807, 2.05) is 6.07 Å². The van der Waals surface area contributed by atoms with Crippen molar-refractivity contribution >= 4 is 5.78 Å². The Kier molecular flexibility index (Phi) is 4.11. The van der Waals surface area contributed by atoms with Gasteiger partial charge in [0, 0.05) is 6.42 Å². The molecule has 0 amide bonds. The molecule has 0 aromatic heterocycles. The monoisotopic (exact) mass is 217 g/mol. The fourth-order valence-electron chi connectivity index (χ4n) is 2.25. The molecule has 1 heterocycles. The number of ketones is 1. The van der Waals surface area contributed by atoms with Gasteiger partial charge in [-0.1, -0.05) is 30.3 Å². The zero-order valence-electron chi connectivity index (χ0n) is 9.69. The lowest BCUT2D eigenvalue weighted by Crippen LogP contribution is -2.36. The van der Waals surface area contributed by atoms with Crippen molar-refractivity contribution in [3.05, 3.63) is 35.9 Å². The van der Waals surface area contributed by atoms with E-state index in [2.05, 4.69) is 29.2 Å². The first-order chi connectivity index (χ1) is 7.84. The van der Waals surface area contributed by atoms with Gasteiger partial charge in [0.05, 0.1) is 6.54 Å². The van der Waals surface area contributed by atoms with E-state index in [1.165, 1.54) is 5.56 Å². The first kappa shape index (κ1) is 11.3. The molecule has 0 bridgehead atoms. The minimum Gasteiger partial charge on any atom is -0.298 e. The molecule has 1 aromatic carbocycles. The Morgan fingerprint density at radius 1 is 1.19 bits per heavy atom. The topological polar surface area (TPSA) is 20.3 Å². The lowest BCUT2D eigenvalue weighted by Gasteiger charge is -2.25. The Labute approximate surface area is 97.3 Å². The van der Waals surface area contributed by atoms with Crippen molar-refractivity contribution in [3.63, 3.8) is 0 Å². The summed E-state index contributed by atoms with van der Waals surface area (Å²) in [5, 5.41) is 0. The highest BCUT2D eigenvalue weighted by molar-refractivity contribution is 5.81. The molecule has 0 atom stereocenters. The van der Waals surface area contributed by atoms with Crippen LogP contribution in [0.15, 0.2) is 30.3 Å². The van der Waals surface area contributed by atoms with E-state index in [0.29, 0.717) is 12.3 Å². The van der Waals surface area contributed by atoms with E-state index in [1.54, 1.807) is 0 Å². The summed E-state index contributed by atoms with van der Waals surface area (Å²) in [6.07, 6.45) is 4.10. The predicted octanol–water partition coefficient (Wildman–Crippen LogP) is 2.28. The quantitative estimate of drug-likeness (QED) is 0.771. The molecule has 1 saturated heterocycles. The van der Waals surface area contributed by atoms with Crippen molar-refractivity contribution in [3.8, 4) is 0 Å². The molecule has 2 nitrogen and oxygen atoms in total. The molecule has 1 fully saturated rings. The Balaban J connectivity index is 1.70. The van der Waals surface area contributed by atoms with Crippen LogP contribution in [0.4, 0.5) is 0 Å². The number of nitrogens with zero attached hydrogens (tertiary/aromatic N) is 1. The van der Waals surface area contributed by atoms with Crippen molar-refractivity contribution in [2.75, 3.05) is 19.6 Å². The van der Waals surface area contributed by atoms with Crippen LogP contribution in [0, 0.1) is 0 Å². The second-order valence-electron chi connectivity index (χ2n) is 4.51. The van der Waals surface area contributed by atoms with E-state index in [4.69, 9.17) is 0 Å². The minimum atomic E-state index is 0.408. The summed E-state index contributed by atoms with van der Waals surface area (Å²) in [5.74, 6) is 0.408. The smallest absolute Gasteiger partial charge is 0.146 e. The van der Waals surface area contributed by atoms with Gasteiger partial charge in [0.1, 0.15) is 5.78 Å². The summed E-state index contributed by atoms with van der Waals surface area (Å²) in [5.41, 5.74) is 1.39. The van der Waals surface area contributed by atoms with Crippen molar-refractivity contribution in [2.24, 2.45) is 0 Å². The van der Waals surface area contributed by atoms with Gasteiger partial charge in [0.25, 0.3) is 0 Å². The number of aryl methyl sites for hydroxylation is 1. The minimum absolute atomic E-state index is 0.408. The standard InChI is InChI=1S/C14H19NO/c16-14-9-5-11-15(12-14)10-4-8-13-6-2-1-3-7-13/h1-3,6-7H,4-5,8-12H2. The number of hydrogen-bond donors (Lipinski definition) is 0. The highest BCUT2D eigenvalue weighted by atomic mass is 16.1. The number of carbonyl (C=O) groups excluding carboxylic acids is 1. The summed E-state index contributed by atoms with van der Waals surface area (Å²) < 4.78 is 0. The average Bonchev–Trinajstić information content (AvgIpc) is 2.30. The fraction of sp³-hybridized carbons (Fsp3) is 0.500. The van der Waals surface area contributed by atoms with Crippen LogP contribution in [0.1, 0.15) is 24.8 Å². The first-order valence-corrected chi connectivity index (χ1v) is 6.12. The summed E-state index contributed by atoms with van der Waals surface area (Å²) >= 11 is 0. The maximum Gasteiger partial charge on any atom is 0.146 e. The molecular formula is C14H19NO. The second kappa shape index (κ2) is 5.80. The molecule has 0 N–H and O–H groups in total. The van der Waals surface area contributed by atoms with Gasteiger partial charge in [0.2, 0.25) is 0 Å². The average molecular weight is 217 g/mol. The lowest BCUT2D eigenvalue weighted by atomic mass is 10.1. The largest absolute Gasteiger partial charge is 0.298 e. The van der Waals surface area contributed by atoms with Crippen LogP contribution in [-0.4, -0.2) is 30.3 Å². The molecule has 0 unspecified atom stereocenters. The number of piperidine rings is 1. The molecule has 1 aliphatic heterocycles. The highest BCUT2D eigenvalue weighted by Crippen LogP contribution is 2.08. The summed E-state index contributed by atoms with van der Waals surface area (Å²) in [6, 6.07) is 10.6. The van der Waals surface area contributed by atoms with Gasteiger partial charge < -0.3 is 0 Å². The summed E-state index contributed by atoms with van der Waals surface area (Å²) in [4.78, 5) is 13.6. The van der Waals surface area contributed by atoms with E-state index in [-0.39, 0.29) is 0 Å². The van der Waals surface area contributed by atoms with Gasteiger partial charge in [-0.3, -0.25) is 9.69 Å². The van der Waals surface area contributed by atoms with Crippen molar-refractivity contribution in [1.82, 2.24) is 4.90 Å². The van der Waals surface area contributed by atoms with Crippen LogP contribution >= 0.6 is 0 Å². The molecule has 2 heteroatoms. The van der Waals surface area contributed by atoms with Crippen LogP contribution in [0.2, 0.25) is 0 Å². The molecule has 2 rings (SSSR count). The molecule has 0 saturated carbocycles. The van der Waals surface area contributed by atoms with Gasteiger partial charge in [-0.05, 0) is 37.9 Å². The predicted molar refractivity (Wildman–Crippen MR) is 65.4 cm³/mol. The van der Waals surface area contributed by atoms with Crippen LogP contribution < -0.4 is 0 Å². The number of hydrogen-bond acceptors (Lipinski definition) is 2. The molecule has 0 radical (unpaired) electrons. The second-order valence-corrected chi connectivity index (χ2v) is 4.51. The Morgan fingerprint density at radius 2 is 2.00 bits per heavy atom. The molecule has 1 aliphatic rings. The Bertz CT molecular complexity index is 334. The SMILES string of the molecule is O=C1CCCN(CCCc2ccccc2)C1. The fourth-order valence-corrected chi connectivity index (χ4v) is 2.25. The number of Topliss-reactive ketones (excluding diaryl/α,β-unsaturated/α-hetero) is 1. The number of likely N-dealkylation sites (tertiary alicyclic amines) is 1. The van der Waals surface area contributed by atoms with Gasteiger partial charge in [-0.2, -0.15) is 0 Å². The van der Waals surface area contributed by atoms with Crippen LogP contribution in [0.3, 0.4) is 0 Å².